The Hall–Kier alpha value is -2.81. The van der Waals surface area contributed by atoms with Crippen LogP contribution in [0.3, 0.4) is 0 Å². The molecule has 2 aromatic rings. The topological polar surface area (TPSA) is 95.6 Å². The molecule has 1 fully saturated rings. The predicted molar refractivity (Wildman–Crippen MR) is 96.1 cm³/mol. The molecule has 0 saturated carbocycles. The third-order valence-electron chi connectivity index (χ3n) is 4.71. The number of carbonyl (C=O) groups is 1. The predicted octanol–water partition coefficient (Wildman–Crippen LogP) is 1.44. The Balaban J connectivity index is 1.77. The number of aliphatic hydroxyl groups is 1. The van der Waals surface area contributed by atoms with Gasteiger partial charge in [0.25, 0.3) is 5.91 Å². The Bertz CT molecular complexity index is 835. The molecule has 0 unspecified atom stereocenters. The monoisotopic (exact) mass is 377 g/mol. The molecule has 7 nitrogen and oxygen atoms in total. The smallest absolute Gasteiger partial charge is 0.257 e. The van der Waals surface area contributed by atoms with Gasteiger partial charge in [-0.3, -0.25) is 4.79 Å². The highest BCUT2D eigenvalue weighted by Gasteiger charge is 2.35. The zero-order chi connectivity index (χ0) is 19.6. The van der Waals surface area contributed by atoms with Crippen molar-refractivity contribution in [1.29, 1.82) is 0 Å². The van der Waals surface area contributed by atoms with Gasteiger partial charge < -0.3 is 20.6 Å². The summed E-state index contributed by atoms with van der Waals surface area (Å²) >= 11 is 0. The Morgan fingerprint density at radius 3 is 2.85 bits per heavy atom. The second-order valence-corrected chi connectivity index (χ2v) is 6.33. The number of hydrogen-bond donors (Lipinski definition) is 2. The first-order chi connectivity index (χ1) is 12.9. The summed E-state index contributed by atoms with van der Waals surface area (Å²) in [6.45, 7) is 2.75. The number of halogens is 2. The van der Waals surface area contributed by atoms with Crippen LogP contribution in [0, 0.1) is 11.6 Å². The SMILES string of the molecule is CCN(C(=O)c1cccc(F)c1F)[C@@H]1CCN(c2ccnc(N)n2)C[C@H]1O. The molecule has 1 amide bonds. The molecule has 0 bridgehead atoms. The summed E-state index contributed by atoms with van der Waals surface area (Å²) in [5, 5.41) is 10.6. The van der Waals surface area contributed by atoms with E-state index in [9.17, 15) is 18.7 Å². The highest BCUT2D eigenvalue weighted by atomic mass is 19.2. The maximum Gasteiger partial charge on any atom is 0.257 e. The molecule has 1 aromatic heterocycles. The van der Waals surface area contributed by atoms with Crippen molar-refractivity contribution in [2.24, 2.45) is 0 Å². The standard InChI is InChI=1S/C18H21F2N5O2/c1-2-25(17(27)11-4-3-5-12(19)16(11)20)13-7-9-24(10-14(13)26)15-6-8-22-18(21)23-15/h3-6,8,13-14,26H,2,7,9-10H2,1H3,(H2,21,22,23)/t13-,14-/m1/s1. The lowest BCUT2D eigenvalue weighted by Gasteiger charge is -2.41. The van der Waals surface area contributed by atoms with Crippen molar-refractivity contribution >= 4 is 17.7 Å². The van der Waals surface area contributed by atoms with E-state index >= 15 is 0 Å². The van der Waals surface area contributed by atoms with E-state index in [0.717, 1.165) is 6.07 Å². The molecule has 144 valence electrons. The average Bonchev–Trinajstić information content (AvgIpc) is 2.65. The molecular weight excluding hydrogens is 356 g/mol. The van der Waals surface area contributed by atoms with E-state index in [-0.39, 0.29) is 24.6 Å². The number of benzene rings is 1. The quantitative estimate of drug-likeness (QED) is 0.837. The molecule has 1 saturated heterocycles. The summed E-state index contributed by atoms with van der Waals surface area (Å²) in [5.74, 6) is -2.17. The van der Waals surface area contributed by atoms with Gasteiger partial charge in [0, 0.05) is 25.8 Å². The van der Waals surface area contributed by atoms with Crippen LogP contribution >= 0.6 is 0 Å². The summed E-state index contributed by atoms with van der Waals surface area (Å²) in [4.78, 5) is 24.0. The van der Waals surface area contributed by atoms with Crippen LogP contribution in [0.4, 0.5) is 20.5 Å². The number of hydrogen-bond acceptors (Lipinski definition) is 6. The van der Waals surface area contributed by atoms with Crippen molar-refractivity contribution in [3.8, 4) is 0 Å². The number of nitrogens with two attached hydrogens (primary N) is 1. The summed E-state index contributed by atoms with van der Waals surface area (Å²) in [6, 6.07) is 4.67. The van der Waals surface area contributed by atoms with Gasteiger partial charge in [-0.1, -0.05) is 6.07 Å². The van der Waals surface area contributed by atoms with Crippen LogP contribution in [0.5, 0.6) is 0 Å². The number of rotatable bonds is 4. The van der Waals surface area contributed by atoms with E-state index in [1.165, 1.54) is 23.2 Å². The Kier molecular flexibility index (Phi) is 5.50. The maximum atomic E-state index is 14.0. The van der Waals surface area contributed by atoms with Crippen LogP contribution in [0.25, 0.3) is 0 Å². The largest absolute Gasteiger partial charge is 0.389 e. The van der Waals surface area contributed by atoms with Gasteiger partial charge in [0.15, 0.2) is 11.6 Å². The van der Waals surface area contributed by atoms with Crippen LogP contribution in [-0.4, -0.2) is 57.7 Å². The van der Waals surface area contributed by atoms with E-state index in [0.29, 0.717) is 18.8 Å². The number of piperidine rings is 1. The molecule has 1 aromatic carbocycles. The van der Waals surface area contributed by atoms with E-state index < -0.39 is 29.7 Å². The van der Waals surface area contributed by atoms with Crippen molar-refractivity contribution in [3.05, 3.63) is 47.7 Å². The lowest BCUT2D eigenvalue weighted by Crippen LogP contribution is -2.56. The van der Waals surface area contributed by atoms with Gasteiger partial charge in [0.05, 0.1) is 17.7 Å². The van der Waals surface area contributed by atoms with Crippen LogP contribution in [0.15, 0.2) is 30.5 Å². The van der Waals surface area contributed by atoms with Crippen LogP contribution < -0.4 is 10.6 Å². The van der Waals surface area contributed by atoms with Crippen LogP contribution in [0.2, 0.25) is 0 Å². The first kappa shape index (κ1) is 19.0. The minimum Gasteiger partial charge on any atom is -0.389 e. The molecule has 2 atom stereocenters. The summed E-state index contributed by atoms with van der Waals surface area (Å²) < 4.78 is 27.5. The van der Waals surface area contributed by atoms with E-state index in [2.05, 4.69) is 9.97 Å². The van der Waals surface area contributed by atoms with Crippen molar-refractivity contribution in [1.82, 2.24) is 14.9 Å². The number of anilines is 2. The van der Waals surface area contributed by atoms with Gasteiger partial charge in [-0.05, 0) is 31.5 Å². The van der Waals surface area contributed by atoms with E-state index in [4.69, 9.17) is 5.73 Å². The van der Waals surface area contributed by atoms with Gasteiger partial charge >= 0.3 is 0 Å². The average molecular weight is 377 g/mol. The first-order valence-electron chi connectivity index (χ1n) is 8.69. The highest BCUT2D eigenvalue weighted by Crippen LogP contribution is 2.24. The fourth-order valence-corrected chi connectivity index (χ4v) is 3.38. The second-order valence-electron chi connectivity index (χ2n) is 6.33. The minimum absolute atomic E-state index is 0.135. The molecular formula is C18H21F2N5O2. The van der Waals surface area contributed by atoms with Crippen LogP contribution in [0.1, 0.15) is 23.7 Å². The number of nitrogens with zero attached hydrogens (tertiary/aromatic N) is 4. The number of nitrogen functional groups attached to an aromatic ring is 1. The second kappa shape index (κ2) is 7.83. The van der Waals surface area contributed by atoms with Gasteiger partial charge in [0.1, 0.15) is 5.82 Å². The van der Waals surface area contributed by atoms with Gasteiger partial charge in [-0.25, -0.2) is 13.8 Å². The highest BCUT2D eigenvalue weighted by molar-refractivity contribution is 5.94. The molecule has 27 heavy (non-hydrogen) atoms. The molecule has 0 aliphatic carbocycles. The van der Waals surface area contributed by atoms with Gasteiger partial charge in [-0.2, -0.15) is 4.98 Å². The van der Waals surface area contributed by atoms with Crippen molar-refractivity contribution in [3.63, 3.8) is 0 Å². The Morgan fingerprint density at radius 1 is 1.41 bits per heavy atom. The van der Waals surface area contributed by atoms with Gasteiger partial charge in [0.2, 0.25) is 5.95 Å². The molecule has 1 aliphatic heterocycles. The minimum atomic E-state index is -1.18. The number of aromatic nitrogens is 2. The fourth-order valence-electron chi connectivity index (χ4n) is 3.38. The van der Waals surface area contributed by atoms with E-state index in [1.807, 2.05) is 4.90 Å². The Morgan fingerprint density at radius 2 is 2.19 bits per heavy atom. The number of aliphatic hydroxyl groups excluding tert-OH is 1. The molecule has 3 rings (SSSR count). The number of amides is 1. The van der Waals surface area contributed by atoms with E-state index in [1.54, 1.807) is 13.0 Å². The molecule has 3 N–H and O–H groups in total. The molecule has 1 aliphatic rings. The van der Waals surface area contributed by atoms with Crippen molar-refractivity contribution in [2.45, 2.75) is 25.5 Å². The lowest BCUT2D eigenvalue weighted by molar-refractivity contribution is 0.0300. The maximum absolute atomic E-state index is 14.0. The van der Waals surface area contributed by atoms with Gasteiger partial charge in [-0.15, -0.1) is 0 Å². The third kappa shape index (κ3) is 3.82. The lowest BCUT2D eigenvalue weighted by atomic mass is 9.98. The molecule has 0 radical (unpaired) electrons. The Labute approximate surface area is 155 Å². The summed E-state index contributed by atoms with van der Waals surface area (Å²) in [6.07, 6.45) is 1.10. The first-order valence-corrected chi connectivity index (χ1v) is 8.69. The third-order valence-corrected chi connectivity index (χ3v) is 4.71. The van der Waals surface area contributed by atoms with Crippen molar-refractivity contribution in [2.75, 3.05) is 30.3 Å². The molecule has 9 heteroatoms. The molecule has 0 spiro atoms. The number of likely N-dealkylation sites (N-methyl/N-ethyl adjacent to an activating group) is 1. The number of carbonyl (C=O) groups excluding carboxylic acids is 1. The number of β-amino-alcohol motifs (C(OH)–C–C–N with tert-alkyl or cyclic N) is 1. The zero-order valence-electron chi connectivity index (χ0n) is 14.8. The summed E-state index contributed by atoms with van der Waals surface area (Å²) in [7, 11) is 0. The van der Waals surface area contributed by atoms with Crippen LogP contribution in [-0.2, 0) is 0 Å². The zero-order valence-corrected chi connectivity index (χ0v) is 14.8. The molecule has 2 heterocycles. The van der Waals surface area contributed by atoms with Crippen molar-refractivity contribution < 1.29 is 18.7 Å². The summed E-state index contributed by atoms with van der Waals surface area (Å²) in [5.41, 5.74) is 5.26. The normalized spacial score (nSPS) is 19.8. The fraction of sp³-hybridized carbons (Fsp3) is 0.389.